The fraction of sp³-hybridized carbons (Fsp3) is 0.318. The average Bonchev–Trinajstić information content (AvgIpc) is 3.13. The second-order valence-electron chi connectivity index (χ2n) is 7.10. The van der Waals surface area contributed by atoms with Gasteiger partial charge in [0.25, 0.3) is 0 Å². The molecule has 0 radical (unpaired) electrons. The number of imidazole rings is 1. The van der Waals surface area contributed by atoms with Crippen LogP contribution in [-0.2, 0) is 20.2 Å². The highest BCUT2D eigenvalue weighted by Crippen LogP contribution is 2.29. The SMILES string of the molecule is Cn1ccnc1COc1ccc(CN2CCNCC2c2ccccc2Cl)cc1. The smallest absolute Gasteiger partial charge is 0.146 e. The van der Waals surface area contributed by atoms with Crippen LogP contribution in [0.2, 0.25) is 5.02 Å². The van der Waals surface area contributed by atoms with Gasteiger partial charge >= 0.3 is 0 Å². The second-order valence-corrected chi connectivity index (χ2v) is 7.51. The van der Waals surface area contributed by atoms with Crippen molar-refractivity contribution in [3.8, 4) is 5.75 Å². The molecule has 5 nitrogen and oxygen atoms in total. The van der Waals surface area contributed by atoms with E-state index in [1.54, 1.807) is 6.20 Å². The van der Waals surface area contributed by atoms with Crippen LogP contribution in [0.15, 0.2) is 60.9 Å². The number of rotatable bonds is 6. The van der Waals surface area contributed by atoms with Gasteiger partial charge in [0.15, 0.2) is 0 Å². The van der Waals surface area contributed by atoms with Crippen molar-refractivity contribution in [1.82, 2.24) is 19.8 Å². The van der Waals surface area contributed by atoms with Gasteiger partial charge in [-0.2, -0.15) is 0 Å². The molecule has 1 fully saturated rings. The van der Waals surface area contributed by atoms with Gasteiger partial charge in [0.1, 0.15) is 18.2 Å². The number of hydrogen-bond donors (Lipinski definition) is 1. The molecule has 6 heteroatoms. The minimum absolute atomic E-state index is 0.279. The summed E-state index contributed by atoms with van der Waals surface area (Å²) in [6.45, 7) is 4.25. The van der Waals surface area contributed by atoms with Crippen LogP contribution < -0.4 is 10.1 Å². The molecule has 0 amide bonds. The highest BCUT2D eigenvalue weighted by atomic mass is 35.5. The Kier molecular flexibility index (Phi) is 5.95. The normalized spacial score (nSPS) is 17.6. The van der Waals surface area contributed by atoms with Crippen LogP contribution in [0.5, 0.6) is 5.75 Å². The fourth-order valence-electron chi connectivity index (χ4n) is 3.60. The fourth-order valence-corrected chi connectivity index (χ4v) is 3.86. The number of nitrogens with one attached hydrogen (secondary N) is 1. The molecule has 3 aromatic rings. The molecule has 1 unspecified atom stereocenters. The van der Waals surface area contributed by atoms with E-state index in [0.717, 1.165) is 42.8 Å². The number of aryl methyl sites for hydroxylation is 1. The predicted octanol–water partition coefficient (Wildman–Crippen LogP) is 3.80. The Hall–Kier alpha value is -2.34. The first kappa shape index (κ1) is 19.0. The highest BCUT2D eigenvalue weighted by molar-refractivity contribution is 6.31. The van der Waals surface area contributed by atoms with Gasteiger partial charge in [-0.25, -0.2) is 4.98 Å². The van der Waals surface area contributed by atoms with Gasteiger partial charge in [0.2, 0.25) is 0 Å². The average molecular weight is 397 g/mol. The number of ether oxygens (including phenoxy) is 1. The van der Waals surface area contributed by atoms with Crippen LogP contribution in [0, 0.1) is 0 Å². The highest BCUT2D eigenvalue weighted by Gasteiger charge is 2.25. The van der Waals surface area contributed by atoms with Crippen molar-refractivity contribution < 1.29 is 4.74 Å². The van der Waals surface area contributed by atoms with Gasteiger partial charge in [-0.3, -0.25) is 4.90 Å². The molecule has 1 N–H and O–H groups in total. The van der Waals surface area contributed by atoms with E-state index in [-0.39, 0.29) is 6.04 Å². The topological polar surface area (TPSA) is 42.3 Å². The van der Waals surface area contributed by atoms with Crippen molar-refractivity contribution in [3.63, 3.8) is 0 Å². The Morgan fingerprint density at radius 2 is 2.00 bits per heavy atom. The van der Waals surface area contributed by atoms with Crippen LogP contribution in [0.3, 0.4) is 0 Å². The van der Waals surface area contributed by atoms with Crippen LogP contribution >= 0.6 is 11.6 Å². The summed E-state index contributed by atoms with van der Waals surface area (Å²) in [6.07, 6.45) is 3.70. The van der Waals surface area contributed by atoms with Crippen molar-refractivity contribution >= 4 is 11.6 Å². The number of aromatic nitrogens is 2. The Morgan fingerprint density at radius 3 is 2.75 bits per heavy atom. The van der Waals surface area contributed by atoms with Crippen molar-refractivity contribution in [3.05, 3.63) is 82.9 Å². The maximum Gasteiger partial charge on any atom is 0.146 e. The summed E-state index contributed by atoms with van der Waals surface area (Å²) in [6, 6.07) is 16.8. The monoisotopic (exact) mass is 396 g/mol. The molecule has 0 saturated carbocycles. The van der Waals surface area contributed by atoms with Crippen molar-refractivity contribution in [2.45, 2.75) is 19.2 Å². The quantitative estimate of drug-likeness (QED) is 0.688. The third-order valence-electron chi connectivity index (χ3n) is 5.22. The lowest BCUT2D eigenvalue weighted by Crippen LogP contribution is -2.45. The molecule has 0 aliphatic carbocycles. The molecule has 1 aliphatic heterocycles. The van der Waals surface area contributed by atoms with E-state index in [0.29, 0.717) is 6.61 Å². The van der Waals surface area contributed by atoms with Crippen molar-refractivity contribution in [2.75, 3.05) is 19.6 Å². The number of halogens is 1. The number of benzene rings is 2. The molecule has 146 valence electrons. The lowest BCUT2D eigenvalue weighted by Gasteiger charge is -2.37. The molecule has 1 saturated heterocycles. The Labute approximate surface area is 170 Å². The molecule has 28 heavy (non-hydrogen) atoms. The van der Waals surface area contributed by atoms with Crippen molar-refractivity contribution in [1.29, 1.82) is 0 Å². The van der Waals surface area contributed by atoms with Gasteiger partial charge in [-0.15, -0.1) is 0 Å². The Balaban J connectivity index is 1.41. The standard InChI is InChI=1S/C22H25ClN4O/c1-26-12-11-25-22(26)16-28-18-8-6-17(7-9-18)15-27-13-10-24-14-21(27)19-4-2-3-5-20(19)23/h2-9,11-12,21,24H,10,13-16H2,1H3. The van der Waals surface area contributed by atoms with Gasteiger partial charge in [-0.05, 0) is 29.3 Å². The molecule has 4 rings (SSSR count). The number of piperazine rings is 1. The van der Waals surface area contributed by atoms with Crippen LogP contribution in [0.4, 0.5) is 0 Å². The van der Waals surface area contributed by atoms with Gasteiger partial charge in [0.05, 0.1) is 0 Å². The molecule has 1 atom stereocenters. The first-order valence-corrected chi connectivity index (χ1v) is 9.95. The third-order valence-corrected chi connectivity index (χ3v) is 5.56. The molecular formula is C22H25ClN4O. The molecule has 0 bridgehead atoms. The van der Waals surface area contributed by atoms with Crippen LogP contribution in [-0.4, -0.2) is 34.1 Å². The van der Waals surface area contributed by atoms with Crippen molar-refractivity contribution in [2.24, 2.45) is 7.05 Å². The molecule has 2 heterocycles. The maximum absolute atomic E-state index is 6.46. The summed E-state index contributed by atoms with van der Waals surface area (Å²) in [4.78, 5) is 6.77. The summed E-state index contributed by atoms with van der Waals surface area (Å²) in [7, 11) is 1.97. The molecule has 1 aliphatic rings. The van der Waals surface area contributed by atoms with E-state index in [1.807, 2.05) is 42.1 Å². The first-order valence-electron chi connectivity index (χ1n) is 9.58. The van der Waals surface area contributed by atoms with Gasteiger partial charge in [0, 0.05) is 56.7 Å². The number of nitrogens with zero attached hydrogens (tertiary/aromatic N) is 3. The number of hydrogen-bond acceptors (Lipinski definition) is 4. The summed E-state index contributed by atoms with van der Waals surface area (Å²) in [5, 5.41) is 4.32. The Bertz CT molecular complexity index is 909. The van der Waals surface area contributed by atoms with Gasteiger partial charge in [-0.1, -0.05) is 41.9 Å². The van der Waals surface area contributed by atoms with Crippen LogP contribution in [0.1, 0.15) is 23.0 Å². The second kappa shape index (κ2) is 8.78. The van der Waals surface area contributed by atoms with E-state index in [4.69, 9.17) is 16.3 Å². The summed E-state index contributed by atoms with van der Waals surface area (Å²) >= 11 is 6.46. The Morgan fingerprint density at radius 1 is 1.18 bits per heavy atom. The summed E-state index contributed by atoms with van der Waals surface area (Å²) < 4.78 is 7.82. The maximum atomic E-state index is 6.46. The van der Waals surface area contributed by atoms with Crippen LogP contribution in [0.25, 0.3) is 0 Å². The largest absolute Gasteiger partial charge is 0.486 e. The zero-order valence-electron chi connectivity index (χ0n) is 16.0. The van der Waals surface area contributed by atoms with E-state index >= 15 is 0 Å². The molecule has 1 aromatic heterocycles. The van der Waals surface area contributed by atoms with E-state index in [2.05, 4.69) is 39.5 Å². The molecular weight excluding hydrogens is 372 g/mol. The lowest BCUT2D eigenvalue weighted by molar-refractivity contribution is 0.154. The summed E-state index contributed by atoms with van der Waals surface area (Å²) in [5.41, 5.74) is 2.45. The van der Waals surface area contributed by atoms with E-state index < -0.39 is 0 Å². The first-order chi connectivity index (χ1) is 13.7. The van der Waals surface area contributed by atoms with E-state index in [9.17, 15) is 0 Å². The summed E-state index contributed by atoms with van der Waals surface area (Å²) in [5.74, 6) is 1.77. The third kappa shape index (κ3) is 4.38. The zero-order chi connectivity index (χ0) is 19.3. The van der Waals surface area contributed by atoms with Gasteiger partial charge < -0.3 is 14.6 Å². The minimum Gasteiger partial charge on any atom is -0.486 e. The minimum atomic E-state index is 0.279. The molecule has 2 aromatic carbocycles. The molecule has 0 spiro atoms. The lowest BCUT2D eigenvalue weighted by atomic mass is 10.0. The zero-order valence-corrected chi connectivity index (χ0v) is 16.8. The van der Waals surface area contributed by atoms with E-state index in [1.165, 1.54) is 11.1 Å². The predicted molar refractivity (Wildman–Crippen MR) is 111 cm³/mol.